The Hall–Kier alpha value is -2.25. The Bertz CT molecular complexity index is 752. The van der Waals surface area contributed by atoms with E-state index in [1.54, 1.807) is 6.20 Å². The second-order valence-electron chi connectivity index (χ2n) is 8.11. The average Bonchev–Trinajstić information content (AvgIpc) is 3.01. The van der Waals surface area contributed by atoms with Crippen LogP contribution in [0.25, 0.3) is 11.3 Å². The minimum absolute atomic E-state index is 0.00171. The number of nitrogens with zero attached hydrogens (tertiary/aromatic N) is 4. The number of hydrogen-bond donors (Lipinski definition) is 0. The number of carbonyl (C=O) groups excluding carboxylic acids is 1. The number of esters is 1. The molecule has 1 aliphatic heterocycles. The van der Waals surface area contributed by atoms with Gasteiger partial charge in [-0.2, -0.15) is 0 Å². The van der Waals surface area contributed by atoms with Crippen molar-refractivity contribution in [1.29, 1.82) is 0 Å². The first kappa shape index (κ1) is 18.5. The first-order valence-electron chi connectivity index (χ1n) is 8.80. The van der Waals surface area contributed by atoms with E-state index in [9.17, 15) is 10.0 Å². The van der Waals surface area contributed by atoms with Crippen LogP contribution in [0.3, 0.4) is 0 Å². The summed E-state index contributed by atoms with van der Waals surface area (Å²) in [5.74, 6) is -0.370. The van der Waals surface area contributed by atoms with E-state index >= 15 is 0 Å². The highest BCUT2D eigenvalue weighted by molar-refractivity contribution is 5.69. The monoisotopic (exact) mass is 357 g/mol. The molecule has 2 heterocycles. The molecular formula is C19H25N4O3. The lowest BCUT2D eigenvalue weighted by molar-refractivity contribution is -0.299. The molecule has 0 N–H and O–H groups in total. The van der Waals surface area contributed by atoms with Gasteiger partial charge in [0, 0.05) is 29.5 Å². The zero-order valence-electron chi connectivity index (χ0n) is 15.7. The number of carbonyl (C=O) groups is 1. The quantitative estimate of drug-likeness (QED) is 0.786. The maximum atomic E-state index is 12.4. The normalized spacial score (nSPS) is 20.0. The SMILES string of the molecule is CC1(C)CC(OC(=O)Cn2cc(-c3ccccc3)nn2)CC(C)(C)N1[O]. The Morgan fingerprint density at radius 2 is 1.77 bits per heavy atom. The van der Waals surface area contributed by atoms with Crippen LogP contribution in [0.1, 0.15) is 40.5 Å². The molecule has 7 nitrogen and oxygen atoms in total. The van der Waals surface area contributed by atoms with Crippen LogP contribution in [-0.4, -0.2) is 43.2 Å². The fraction of sp³-hybridized carbons (Fsp3) is 0.526. The molecular weight excluding hydrogens is 332 g/mol. The van der Waals surface area contributed by atoms with Crippen molar-refractivity contribution >= 4 is 5.97 Å². The maximum Gasteiger partial charge on any atom is 0.328 e. The fourth-order valence-corrected chi connectivity index (χ4v) is 3.73. The number of aromatic nitrogens is 3. The second kappa shape index (κ2) is 6.81. The highest BCUT2D eigenvalue weighted by atomic mass is 16.5. The fourth-order valence-electron chi connectivity index (χ4n) is 3.73. The number of hydrogen-bond acceptors (Lipinski definition) is 5. The molecule has 139 valence electrons. The van der Waals surface area contributed by atoms with Crippen molar-refractivity contribution in [1.82, 2.24) is 20.1 Å². The number of benzene rings is 1. The molecule has 0 bridgehead atoms. The van der Waals surface area contributed by atoms with Crippen LogP contribution in [-0.2, 0) is 21.3 Å². The summed E-state index contributed by atoms with van der Waals surface area (Å²) < 4.78 is 7.11. The molecule has 1 aromatic carbocycles. The van der Waals surface area contributed by atoms with Crippen molar-refractivity contribution < 1.29 is 14.7 Å². The Kier molecular flexibility index (Phi) is 4.86. The van der Waals surface area contributed by atoms with Gasteiger partial charge >= 0.3 is 5.97 Å². The predicted molar refractivity (Wildman–Crippen MR) is 95.3 cm³/mol. The molecule has 0 unspecified atom stereocenters. The minimum Gasteiger partial charge on any atom is -0.461 e. The minimum atomic E-state index is -0.569. The smallest absolute Gasteiger partial charge is 0.328 e. The van der Waals surface area contributed by atoms with E-state index < -0.39 is 11.1 Å². The number of rotatable bonds is 4. The van der Waals surface area contributed by atoms with E-state index in [-0.39, 0.29) is 18.6 Å². The van der Waals surface area contributed by atoms with Gasteiger partial charge in [-0.1, -0.05) is 35.5 Å². The maximum absolute atomic E-state index is 12.4. The molecule has 2 aromatic rings. The predicted octanol–water partition coefficient (Wildman–Crippen LogP) is 2.86. The highest BCUT2D eigenvalue weighted by Crippen LogP contribution is 2.38. The van der Waals surface area contributed by atoms with Gasteiger partial charge in [0.1, 0.15) is 18.3 Å². The van der Waals surface area contributed by atoms with E-state index in [0.717, 1.165) is 10.6 Å². The molecule has 0 saturated carbocycles. The summed E-state index contributed by atoms with van der Waals surface area (Å²) in [6.45, 7) is 7.52. The van der Waals surface area contributed by atoms with Crippen LogP contribution < -0.4 is 0 Å². The zero-order valence-corrected chi connectivity index (χ0v) is 15.7. The molecule has 1 fully saturated rings. The number of piperidine rings is 1. The van der Waals surface area contributed by atoms with Crippen molar-refractivity contribution in [3.8, 4) is 11.3 Å². The van der Waals surface area contributed by atoms with E-state index in [1.165, 1.54) is 4.68 Å². The molecule has 26 heavy (non-hydrogen) atoms. The standard InChI is InChI=1S/C19H25N4O3/c1-18(2)10-15(11-19(3,4)23(18)25)26-17(24)13-22-12-16(20-21-22)14-8-6-5-7-9-14/h5-9,12,15H,10-11,13H2,1-4H3. The van der Waals surface area contributed by atoms with E-state index in [4.69, 9.17) is 4.74 Å². The summed E-state index contributed by atoms with van der Waals surface area (Å²) in [6.07, 6.45) is 2.47. The number of hydroxylamine groups is 2. The average molecular weight is 357 g/mol. The second-order valence-corrected chi connectivity index (χ2v) is 8.11. The first-order chi connectivity index (χ1) is 12.2. The van der Waals surface area contributed by atoms with Crippen LogP contribution in [0.2, 0.25) is 0 Å². The third-order valence-corrected chi connectivity index (χ3v) is 4.75. The summed E-state index contributed by atoms with van der Waals surface area (Å²) in [4.78, 5) is 12.3. The summed E-state index contributed by atoms with van der Waals surface area (Å²) in [5, 5.41) is 21.6. The molecule has 1 aromatic heterocycles. The zero-order chi connectivity index (χ0) is 18.9. The van der Waals surface area contributed by atoms with Crippen LogP contribution in [0.5, 0.6) is 0 Å². The van der Waals surface area contributed by atoms with Crippen molar-refractivity contribution in [3.63, 3.8) is 0 Å². The van der Waals surface area contributed by atoms with Crippen molar-refractivity contribution in [2.24, 2.45) is 0 Å². The van der Waals surface area contributed by atoms with Crippen LogP contribution in [0, 0.1) is 0 Å². The third kappa shape index (κ3) is 3.94. The molecule has 0 aliphatic carbocycles. The van der Waals surface area contributed by atoms with Gasteiger partial charge in [-0.3, -0.25) is 4.79 Å². The van der Waals surface area contributed by atoms with Crippen molar-refractivity contribution in [3.05, 3.63) is 36.5 Å². The molecule has 1 radical (unpaired) electrons. The molecule has 0 atom stereocenters. The van der Waals surface area contributed by atoms with Crippen molar-refractivity contribution in [2.75, 3.05) is 0 Å². The summed E-state index contributed by atoms with van der Waals surface area (Å²) in [6, 6.07) is 9.66. The molecule has 0 spiro atoms. The van der Waals surface area contributed by atoms with Gasteiger partial charge in [-0.25, -0.2) is 4.68 Å². The molecule has 3 rings (SSSR count). The third-order valence-electron chi connectivity index (χ3n) is 4.75. The number of ether oxygens (including phenoxy) is 1. The van der Waals surface area contributed by atoms with Crippen LogP contribution in [0.4, 0.5) is 0 Å². The summed E-state index contributed by atoms with van der Waals surface area (Å²) in [5.41, 5.74) is 0.514. The van der Waals surface area contributed by atoms with Gasteiger partial charge < -0.3 is 4.74 Å². The van der Waals surface area contributed by atoms with Gasteiger partial charge in [-0.05, 0) is 27.7 Å². The largest absolute Gasteiger partial charge is 0.461 e. The Labute approximate surface area is 153 Å². The molecule has 1 aliphatic rings. The highest BCUT2D eigenvalue weighted by Gasteiger charge is 2.47. The molecule has 0 amide bonds. The van der Waals surface area contributed by atoms with Gasteiger partial charge in [0.05, 0.1) is 6.20 Å². The van der Waals surface area contributed by atoms with E-state index in [0.29, 0.717) is 18.5 Å². The lowest BCUT2D eigenvalue weighted by Crippen LogP contribution is -2.60. The molecule has 7 heteroatoms. The summed E-state index contributed by atoms with van der Waals surface area (Å²) >= 11 is 0. The van der Waals surface area contributed by atoms with Gasteiger partial charge in [0.2, 0.25) is 0 Å². The van der Waals surface area contributed by atoms with E-state index in [2.05, 4.69) is 10.3 Å². The first-order valence-corrected chi connectivity index (χ1v) is 8.80. The van der Waals surface area contributed by atoms with E-state index in [1.807, 2.05) is 58.0 Å². The van der Waals surface area contributed by atoms with Gasteiger partial charge in [-0.15, -0.1) is 15.4 Å². The molecule has 1 saturated heterocycles. The van der Waals surface area contributed by atoms with Crippen molar-refractivity contribution in [2.45, 2.75) is 64.3 Å². The van der Waals surface area contributed by atoms with Crippen LogP contribution >= 0.6 is 0 Å². The Morgan fingerprint density at radius 1 is 1.15 bits per heavy atom. The van der Waals surface area contributed by atoms with Gasteiger partial charge in [0.15, 0.2) is 0 Å². The lowest BCUT2D eigenvalue weighted by atomic mass is 9.80. The summed E-state index contributed by atoms with van der Waals surface area (Å²) in [7, 11) is 0. The Balaban J connectivity index is 1.62. The Morgan fingerprint density at radius 3 is 2.38 bits per heavy atom. The van der Waals surface area contributed by atoms with Crippen LogP contribution in [0.15, 0.2) is 36.5 Å². The topological polar surface area (TPSA) is 80.2 Å². The lowest BCUT2D eigenvalue weighted by Gasteiger charge is -2.49. The van der Waals surface area contributed by atoms with Gasteiger partial charge in [0.25, 0.3) is 0 Å².